The van der Waals surface area contributed by atoms with Crippen molar-refractivity contribution in [2.45, 2.75) is 4.90 Å². The molecule has 15 heavy (non-hydrogen) atoms. The van der Waals surface area contributed by atoms with E-state index in [0.717, 1.165) is 0 Å². The smallest absolute Gasteiger partial charge is 0.258 e. The average Bonchev–Trinajstić information content (AvgIpc) is 2.06. The van der Waals surface area contributed by atoms with E-state index in [1.165, 1.54) is 0 Å². The van der Waals surface area contributed by atoms with Crippen LogP contribution in [0.5, 0.6) is 0 Å². The van der Waals surface area contributed by atoms with Gasteiger partial charge in [-0.05, 0) is 6.07 Å². The molecule has 9 heteroatoms. The van der Waals surface area contributed by atoms with E-state index in [2.05, 4.69) is 5.14 Å². The van der Waals surface area contributed by atoms with Crippen LogP contribution in [0.25, 0.3) is 0 Å². The molecule has 0 bridgehead atoms. The lowest BCUT2D eigenvalue weighted by Gasteiger charge is -2.01. The number of hydrogen-bond acceptors (Lipinski definition) is 4. The van der Waals surface area contributed by atoms with Crippen molar-refractivity contribution in [1.82, 2.24) is 0 Å². The van der Waals surface area contributed by atoms with Crippen molar-refractivity contribution in [3.63, 3.8) is 0 Å². The van der Waals surface area contributed by atoms with Crippen molar-refractivity contribution < 1.29 is 17.7 Å². The number of benzene rings is 1. The minimum absolute atomic E-state index is 0.405. The molecule has 0 heterocycles. The number of nitro groups is 1. The summed E-state index contributed by atoms with van der Waals surface area (Å²) in [7, 11) is -4.28. The lowest BCUT2D eigenvalue weighted by molar-refractivity contribution is -0.384. The highest BCUT2D eigenvalue weighted by Crippen LogP contribution is 2.28. The van der Waals surface area contributed by atoms with Gasteiger partial charge in [0.05, 0.1) is 11.0 Å². The summed E-state index contributed by atoms with van der Waals surface area (Å²) >= 11 is 5.37. The maximum absolute atomic E-state index is 13.1. The largest absolute Gasteiger partial charge is 0.290 e. The third-order valence-electron chi connectivity index (χ3n) is 1.50. The fraction of sp³-hybridized carbons (Fsp3) is 0. The molecular formula is C6H4ClFN2O4S. The third kappa shape index (κ3) is 2.41. The quantitative estimate of drug-likeness (QED) is 0.629. The monoisotopic (exact) mass is 254 g/mol. The summed E-state index contributed by atoms with van der Waals surface area (Å²) in [4.78, 5) is 8.50. The van der Waals surface area contributed by atoms with Crippen molar-refractivity contribution in [3.05, 3.63) is 33.1 Å². The van der Waals surface area contributed by atoms with Crippen LogP contribution < -0.4 is 5.14 Å². The normalized spacial score (nSPS) is 11.4. The molecule has 0 aliphatic heterocycles. The van der Waals surface area contributed by atoms with Crippen LogP contribution in [0.4, 0.5) is 10.1 Å². The van der Waals surface area contributed by atoms with Crippen molar-refractivity contribution >= 4 is 27.3 Å². The van der Waals surface area contributed by atoms with Gasteiger partial charge in [-0.15, -0.1) is 0 Å². The minimum Gasteiger partial charge on any atom is -0.258 e. The van der Waals surface area contributed by atoms with Gasteiger partial charge in [-0.3, -0.25) is 10.1 Å². The molecule has 0 spiro atoms. The molecule has 0 aliphatic rings. The highest BCUT2D eigenvalue weighted by molar-refractivity contribution is 7.89. The van der Waals surface area contributed by atoms with E-state index in [4.69, 9.17) is 11.6 Å². The zero-order valence-corrected chi connectivity index (χ0v) is 8.55. The van der Waals surface area contributed by atoms with Gasteiger partial charge in [-0.25, -0.2) is 17.9 Å². The van der Waals surface area contributed by atoms with Crippen LogP contribution in [0.2, 0.25) is 5.02 Å². The molecule has 0 saturated carbocycles. The molecule has 82 valence electrons. The predicted molar refractivity (Wildman–Crippen MR) is 49.4 cm³/mol. The first kappa shape index (κ1) is 11.8. The Morgan fingerprint density at radius 3 is 2.40 bits per heavy atom. The van der Waals surface area contributed by atoms with Crippen LogP contribution in [0, 0.1) is 15.9 Å². The predicted octanol–water partition coefficient (Wildman–Crippen LogP) is 1.03. The minimum atomic E-state index is -4.28. The zero-order valence-electron chi connectivity index (χ0n) is 6.98. The summed E-state index contributed by atoms with van der Waals surface area (Å²) in [5.41, 5.74) is -0.721. The fourth-order valence-corrected chi connectivity index (χ4v) is 1.79. The SMILES string of the molecule is NS(=O)(=O)c1cc(Cl)c([N+](=O)[O-])cc1F. The van der Waals surface area contributed by atoms with Gasteiger partial charge in [0.15, 0.2) is 0 Å². The second-order valence-electron chi connectivity index (χ2n) is 2.54. The van der Waals surface area contributed by atoms with E-state index in [1.54, 1.807) is 0 Å². The number of nitrogens with zero attached hydrogens (tertiary/aromatic N) is 1. The standard InChI is InChI=1S/C6H4ClFN2O4S/c7-3-1-6(15(9,13)14)4(8)2-5(3)10(11)12/h1-2H,(H2,9,13,14). The molecule has 0 fully saturated rings. The van der Waals surface area contributed by atoms with E-state index in [9.17, 15) is 22.9 Å². The number of hydrogen-bond donors (Lipinski definition) is 1. The maximum Gasteiger partial charge on any atom is 0.290 e. The van der Waals surface area contributed by atoms with E-state index >= 15 is 0 Å². The molecule has 1 aromatic carbocycles. The second kappa shape index (κ2) is 3.72. The molecular weight excluding hydrogens is 251 g/mol. The molecule has 0 aromatic heterocycles. The van der Waals surface area contributed by atoms with Crippen LogP contribution in [0.3, 0.4) is 0 Å². The third-order valence-corrected chi connectivity index (χ3v) is 2.73. The highest BCUT2D eigenvalue weighted by Gasteiger charge is 2.22. The molecule has 1 rings (SSSR count). The average molecular weight is 255 g/mol. The first-order valence-corrected chi connectivity index (χ1v) is 5.32. The van der Waals surface area contributed by atoms with Gasteiger partial charge in [-0.1, -0.05) is 11.6 Å². The van der Waals surface area contributed by atoms with Crippen molar-refractivity contribution in [3.8, 4) is 0 Å². The molecule has 2 N–H and O–H groups in total. The zero-order chi connectivity index (χ0) is 11.8. The Hall–Kier alpha value is -1.25. The van der Waals surface area contributed by atoms with Crippen molar-refractivity contribution in [2.75, 3.05) is 0 Å². The van der Waals surface area contributed by atoms with Gasteiger partial charge in [0.2, 0.25) is 10.0 Å². The lowest BCUT2D eigenvalue weighted by Crippen LogP contribution is -2.14. The van der Waals surface area contributed by atoms with Gasteiger partial charge < -0.3 is 0 Å². The van der Waals surface area contributed by atoms with Gasteiger partial charge in [0.1, 0.15) is 15.7 Å². The number of halogens is 2. The van der Waals surface area contributed by atoms with E-state index in [0.29, 0.717) is 12.1 Å². The molecule has 1 aromatic rings. The molecule has 0 radical (unpaired) electrons. The Kier molecular flexibility index (Phi) is 2.93. The van der Waals surface area contributed by atoms with Crippen LogP contribution in [-0.4, -0.2) is 13.3 Å². The van der Waals surface area contributed by atoms with Crippen LogP contribution >= 0.6 is 11.6 Å². The Bertz CT molecular complexity index is 530. The van der Waals surface area contributed by atoms with E-state index in [1.807, 2.05) is 0 Å². The summed E-state index contributed by atoms with van der Waals surface area (Å²) in [6, 6.07) is 1.01. The molecule has 6 nitrogen and oxygen atoms in total. The lowest BCUT2D eigenvalue weighted by atomic mass is 10.3. The first-order chi connectivity index (χ1) is 6.73. The van der Waals surface area contributed by atoms with Gasteiger partial charge in [0.25, 0.3) is 5.69 Å². The number of primary sulfonamides is 1. The van der Waals surface area contributed by atoms with Crippen LogP contribution in [0.15, 0.2) is 17.0 Å². The topological polar surface area (TPSA) is 103 Å². The Labute approximate surface area is 88.7 Å². The van der Waals surface area contributed by atoms with Crippen molar-refractivity contribution in [1.29, 1.82) is 0 Å². The van der Waals surface area contributed by atoms with Crippen LogP contribution in [0.1, 0.15) is 0 Å². The second-order valence-corrected chi connectivity index (χ2v) is 4.47. The summed E-state index contributed by atoms with van der Waals surface area (Å²) in [5.74, 6) is -1.31. The Morgan fingerprint density at radius 1 is 1.47 bits per heavy atom. The summed E-state index contributed by atoms with van der Waals surface area (Å²) in [5, 5.41) is 14.5. The van der Waals surface area contributed by atoms with Gasteiger partial charge >= 0.3 is 0 Å². The summed E-state index contributed by atoms with van der Waals surface area (Å²) < 4.78 is 34.7. The van der Waals surface area contributed by atoms with E-state index in [-0.39, 0.29) is 0 Å². The van der Waals surface area contributed by atoms with Crippen molar-refractivity contribution in [2.24, 2.45) is 5.14 Å². The van der Waals surface area contributed by atoms with Crippen LogP contribution in [-0.2, 0) is 10.0 Å². The molecule has 0 saturated heterocycles. The number of nitro benzene ring substituents is 1. The molecule has 0 aliphatic carbocycles. The molecule has 0 unspecified atom stereocenters. The first-order valence-electron chi connectivity index (χ1n) is 3.39. The Balaban J connectivity index is 3.52. The fourth-order valence-electron chi connectivity index (χ4n) is 0.876. The highest BCUT2D eigenvalue weighted by atomic mass is 35.5. The maximum atomic E-state index is 13.1. The molecule has 0 amide bonds. The number of nitrogens with two attached hydrogens (primary N) is 1. The molecule has 0 atom stereocenters. The number of sulfonamides is 1. The summed E-state index contributed by atoms with van der Waals surface area (Å²) in [6.45, 7) is 0. The Morgan fingerprint density at radius 2 is 2.00 bits per heavy atom. The summed E-state index contributed by atoms with van der Waals surface area (Å²) in [6.07, 6.45) is 0. The van der Waals surface area contributed by atoms with E-state index < -0.39 is 36.4 Å². The number of rotatable bonds is 2. The van der Waals surface area contributed by atoms with Gasteiger partial charge in [0, 0.05) is 0 Å². The van der Waals surface area contributed by atoms with Gasteiger partial charge in [-0.2, -0.15) is 0 Å².